The first kappa shape index (κ1) is 11.7. The highest BCUT2D eigenvalue weighted by atomic mass is 32.2. The molecule has 0 aliphatic heterocycles. The van der Waals surface area contributed by atoms with Crippen molar-refractivity contribution in [2.24, 2.45) is 0 Å². The molecule has 2 nitrogen and oxygen atoms in total. The van der Waals surface area contributed by atoms with E-state index >= 15 is 0 Å². The second kappa shape index (κ2) is 10.7. The Morgan fingerprint density at radius 2 is 1.45 bits per heavy atom. The van der Waals surface area contributed by atoms with Crippen molar-refractivity contribution in [1.29, 1.82) is 0 Å². The molecule has 65 valence electrons. The van der Waals surface area contributed by atoms with Crippen LogP contribution in [0.1, 0.15) is 0 Å². The Labute approximate surface area is 78.1 Å². The van der Waals surface area contributed by atoms with Gasteiger partial charge in [0.25, 0.3) is 0 Å². The van der Waals surface area contributed by atoms with Crippen molar-refractivity contribution >= 4 is 31.2 Å². The molecule has 0 aromatic heterocycles. The van der Waals surface area contributed by atoms with Crippen LogP contribution in [0.5, 0.6) is 0 Å². The Bertz CT molecular complexity index is 67.6. The largest absolute Gasteiger partial charge is 0.488 e. The minimum Gasteiger partial charge on any atom is -0.412 e. The van der Waals surface area contributed by atoms with E-state index in [-0.39, 0.29) is 0 Å². The quantitative estimate of drug-likeness (QED) is 0.426. The van der Waals surface area contributed by atoms with Gasteiger partial charge in [0.15, 0.2) is 0 Å². The first-order valence-electron chi connectivity index (χ1n) is 3.44. The molecule has 0 saturated carbocycles. The Balaban J connectivity index is 2.69. The highest BCUT2D eigenvalue weighted by molar-refractivity contribution is 7.98. The molecule has 0 atom stereocenters. The summed E-state index contributed by atoms with van der Waals surface area (Å²) in [6, 6.07) is 0. The third kappa shape index (κ3) is 10.7. The van der Waals surface area contributed by atoms with Crippen molar-refractivity contribution in [3.8, 4) is 0 Å². The second-order valence-electron chi connectivity index (χ2n) is 1.82. The molecular weight excluding hydrogens is 179 g/mol. The Morgan fingerprint density at radius 3 is 1.82 bits per heavy atom. The molecule has 0 heterocycles. The van der Waals surface area contributed by atoms with Crippen LogP contribution in [0, 0.1) is 0 Å². The molecule has 0 rings (SSSR count). The minimum atomic E-state index is 0.737. The highest BCUT2D eigenvalue weighted by Crippen LogP contribution is 1.91. The van der Waals surface area contributed by atoms with Crippen LogP contribution < -0.4 is 0 Å². The smallest absolute Gasteiger partial charge is 0.412 e. The van der Waals surface area contributed by atoms with Gasteiger partial charge in [0, 0.05) is 24.7 Å². The zero-order chi connectivity index (χ0) is 8.36. The van der Waals surface area contributed by atoms with Gasteiger partial charge in [0.05, 0.1) is 0 Å². The monoisotopic (exact) mass is 193 g/mol. The summed E-state index contributed by atoms with van der Waals surface area (Å²) in [5.41, 5.74) is 0. The summed E-state index contributed by atoms with van der Waals surface area (Å²) in [6.45, 7) is 1.47. The fourth-order valence-corrected chi connectivity index (χ4v) is 0.933. The van der Waals surface area contributed by atoms with E-state index in [2.05, 4.69) is 12.5 Å². The number of rotatable bonds is 8. The standard InChI is InChI=1S/C6H14BO2S2/c1-10-5-3-8-7-9-4-6-11-2/h3-6H2,1-2H3. The average Bonchev–Trinajstić information content (AvgIpc) is 2.03. The number of hydrogen-bond acceptors (Lipinski definition) is 4. The summed E-state index contributed by atoms with van der Waals surface area (Å²) in [6.07, 6.45) is 4.11. The first-order chi connectivity index (χ1) is 5.41. The van der Waals surface area contributed by atoms with Gasteiger partial charge in [-0.15, -0.1) is 0 Å². The van der Waals surface area contributed by atoms with Gasteiger partial charge >= 0.3 is 7.69 Å². The molecule has 0 amide bonds. The molecule has 1 radical (unpaired) electrons. The fraction of sp³-hybridized carbons (Fsp3) is 1.00. The SMILES string of the molecule is CSCCO[B]OCCSC. The third-order valence-electron chi connectivity index (χ3n) is 0.947. The molecule has 0 spiro atoms. The Hall–Kier alpha value is 0.685. The van der Waals surface area contributed by atoms with Crippen molar-refractivity contribution in [2.45, 2.75) is 0 Å². The normalized spacial score (nSPS) is 10.0. The zero-order valence-electron chi connectivity index (χ0n) is 7.04. The van der Waals surface area contributed by atoms with Crippen molar-refractivity contribution in [3.05, 3.63) is 0 Å². The molecule has 0 aliphatic rings. The molecule has 0 aromatic carbocycles. The van der Waals surface area contributed by atoms with E-state index in [4.69, 9.17) is 9.31 Å². The van der Waals surface area contributed by atoms with Crippen molar-refractivity contribution in [3.63, 3.8) is 0 Å². The second-order valence-corrected chi connectivity index (χ2v) is 3.79. The van der Waals surface area contributed by atoms with Crippen LogP contribution in [0.4, 0.5) is 0 Å². The lowest BCUT2D eigenvalue weighted by atomic mass is 10.4. The van der Waals surface area contributed by atoms with Gasteiger partial charge in [-0.05, 0) is 12.5 Å². The van der Waals surface area contributed by atoms with E-state index in [0.29, 0.717) is 0 Å². The van der Waals surface area contributed by atoms with Crippen LogP contribution in [-0.4, -0.2) is 44.9 Å². The molecule has 0 N–H and O–H groups in total. The summed E-state index contributed by atoms with van der Waals surface area (Å²) in [7, 11) is 1.44. The Kier molecular flexibility index (Phi) is 11.4. The molecule has 0 fully saturated rings. The van der Waals surface area contributed by atoms with Crippen LogP contribution in [0.3, 0.4) is 0 Å². The van der Waals surface area contributed by atoms with Crippen LogP contribution in [0.15, 0.2) is 0 Å². The van der Waals surface area contributed by atoms with E-state index < -0.39 is 0 Å². The summed E-state index contributed by atoms with van der Waals surface area (Å²) in [4.78, 5) is 0. The topological polar surface area (TPSA) is 18.5 Å². The van der Waals surface area contributed by atoms with Crippen molar-refractivity contribution < 1.29 is 9.31 Å². The predicted molar refractivity (Wildman–Crippen MR) is 54.4 cm³/mol. The summed E-state index contributed by atoms with van der Waals surface area (Å²) in [5, 5.41) is 0. The van der Waals surface area contributed by atoms with Crippen LogP contribution in [0.2, 0.25) is 0 Å². The zero-order valence-corrected chi connectivity index (χ0v) is 8.67. The van der Waals surface area contributed by atoms with Gasteiger partial charge in [-0.25, -0.2) is 0 Å². The molecule has 5 heteroatoms. The summed E-state index contributed by atoms with van der Waals surface area (Å²) in [5.74, 6) is 2.03. The maximum absolute atomic E-state index is 5.04. The molecular formula is C6H14BO2S2. The van der Waals surface area contributed by atoms with Gasteiger partial charge in [-0.1, -0.05) is 0 Å². The molecule has 0 aromatic rings. The van der Waals surface area contributed by atoms with Gasteiger partial charge < -0.3 is 9.31 Å². The van der Waals surface area contributed by atoms with E-state index in [1.54, 1.807) is 23.5 Å². The molecule has 0 aliphatic carbocycles. The average molecular weight is 193 g/mol. The van der Waals surface area contributed by atoms with Gasteiger partial charge in [-0.2, -0.15) is 23.5 Å². The summed E-state index contributed by atoms with van der Waals surface area (Å²) < 4.78 is 10.1. The van der Waals surface area contributed by atoms with Gasteiger partial charge in [0.2, 0.25) is 0 Å². The van der Waals surface area contributed by atoms with Crippen molar-refractivity contribution in [1.82, 2.24) is 0 Å². The fourth-order valence-electron chi connectivity index (χ4n) is 0.407. The third-order valence-corrected chi connectivity index (χ3v) is 2.10. The number of thioether (sulfide) groups is 2. The van der Waals surface area contributed by atoms with E-state index in [9.17, 15) is 0 Å². The van der Waals surface area contributed by atoms with Crippen LogP contribution >= 0.6 is 23.5 Å². The maximum Gasteiger partial charge on any atom is 0.488 e. The molecule has 0 bridgehead atoms. The highest BCUT2D eigenvalue weighted by Gasteiger charge is 1.92. The molecule has 0 saturated heterocycles. The van der Waals surface area contributed by atoms with E-state index in [1.807, 2.05) is 0 Å². The lowest BCUT2D eigenvalue weighted by molar-refractivity contribution is 0.244. The molecule has 0 unspecified atom stereocenters. The van der Waals surface area contributed by atoms with Crippen LogP contribution in [-0.2, 0) is 9.31 Å². The lowest BCUT2D eigenvalue weighted by Crippen LogP contribution is -2.09. The predicted octanol–water partition coefficient (Wildman–Crippen LogP) is 1.28. The Morgan fingerprint density at radius 1 is 1.00 bits per heavy atom. The first-order valence-corrected chi connectivity index (χ1v) is 6.23. The lowest BCUT2D eigenvalue weighted by Gasteiger charge is -2.01. The summed E-state index contributed by atoms with van der Waals surface area (Å²) >= 11 is 3.53. The van der Waals surface area contributed by atoms with Gasteiger partial charge in [0.1, 0.15) is 0 Å². The number of hydrogen-bond donors (Lipinski definition) is 0. The van der Waals surface area contributed by atoms with E-state index in [1.165, 1.54) is 7.69 Å². The maximum atomic E-state index is 5.04. The van der Waals surface area contributed by atoms with E-state index in [0.717, 1.165) is 24.7 Å². The van der Waals surface area contributed by atoms with Crippen molar-refractivity contribution in [2.75, 3.05) is 37.2 Å². The molecule has 11 heavy (non-hydrogen) atoms. The minimum absolute atomic E-state index is 0.737. The van der Waals surface area contributed by atoms with Gasteiger partial charge in [-0.3, -0.25) is 0 Å². The van der Waals surface area contributed by atoms with Crippen LogP contribution in [0.25, 0.3) is 0 Å².